The number of benzene rings is 1. The summed E-state index contributed by atoms with van der Waals surface area (Å²) in [6.07, 6.45) is 0.906. The van der Waals surface area contributed by atoms with Crippen LogP contribution in [-0.2, 0) is 10.0 Å². The van der Waals surface area contributed by atoms with Gasteiger partial charge in [-0.05, 0) is 38.6 Å². The van der Waals surface area contributed by atoms with Crippen molar-refractivity contribution in [2.75, 3.05) is 18.1 Å². The molecule has 0 heterocycles. The van der Waals surface area contributed by atoms with Crippen LogP contribution in [0.5, 0.6) is 0 Å². The molecule has 0 fully saturated rings. The molecule has 1 atom stereocenters. The van der Waals surface area contributed by atoms with E-state index < -0.39 is 10.0 Å². The molecule has 0 radical (unpaired) electrons. The Labute approximate surface area is 102 Å². The van der Waals surface area contributed by atoms with Crippen LogP contribution in [0, 0.1) is 0 Å². The Morgan fingerprint density at radius 2 is 2.06 bits per heavy atom. The fourth-order valence-electron chi connectivity index (χ4n) is 1.36. The fraction of sp³-hybridized carbons (Fsp3) is 0.455. The number of rotatable bonds is 5. The number of hydrogen-bond acceptors (Lipinski definition) is 4. The molecule has 1 aromatic carbocycles. The van der Waals surface area contributed by atoms with Gasteiger partial charge in [0.25, 0.3) is 0 Å². The Hall–Kier alpha value is -1.27. The largest absolute Gasteiger partial charge is 0.399 e. The highest BCUT2D eigenvalue weighted by Gasteiger charge is 2.17. The zero-order valence-corrected chi connectivity index (χ0v) is 11.1. The molecule has 6 heteroatoms. The van der Waals surface area contributed by atoms with Gasteiger partial charge < -0.3 is 11.1 Å². The van der Waals surface area contributed by atoms with E-state index in [9.17, 15) is 8.42 Å². The lowest BCUT2D eigenvalue weighted by Gasteiger charge is -2.17. The van der Waals surface area contributed by atoms with Crippen LogP contribution in [0.15, 0.2) is 23.1 Å². The van der Waals surface area contributed by atoms with Gasteiger partial charge in [0, 0.05) is 11.7 Å². The molecule has 4 N–H and O–H groups in total. The van der Waals surface area contributed by atoms with Crippen LogP contribution >= 0.6 is 0 Å². The minimum absolute atomic E-state index is 0.181. The van der Waals surface area contributed by atoms with Gasteiger partial charge in [0.1, 0.15) is 4.90 Å². The van der Waals surface area contributed by atoms with E-state index in [2.05, 4.69) is 10.0 Å². The Morgan fingerprint density at radius 3 is 2.59 bits per heavy atom. The van der Waals surface area contributed by atoms with Crippen molar-refractivity contribution in [2.45, 2.75) is 31.2 Å². The molecule has 0 saturated heterocycles. The van der Waals surface area contributed by atoms with Gasteiger partial charge in [0.15, 0.2) is 0 Å². The number of nitrogen functional groups attached to an aromatic ring is 1. The van der Waals surface area contributed by atoms with Gasteiger partial charge in [-0.15, -0.1) is 0 Å². The van der Waals surface area contributed by atoms with E-state index in [0.717, 1.165) is 6.42 Å². The predicted octanol–water partition coefficient (Wildman–Crippen LogP) is 1.39. The van der Waals surface area contributed by atoms with E-state index in [-0.39, 0.29) is 10.9 Å². The monoisotopic (exact) mass is 257 g/mol. The lowest BCUT2D eigenvalue weighted by molar-refractivity contribution is 0.588. The van der Waals surface area contributed by atoms with Gasteiger partial charge in [-0.2, -0.15) is 0 Å². The highest BCUT2D eigenvalue weighted by molar-refractivity contribution is 7.89. The van der Waals surface area contributed by atoms with Gasteiger partial charge >= 0.3 is 0 Å². The molecule has 0 aliphatic heterocycles. The standard InChI is InChI=1S/C11H19N3O2S/c1-4-8(2)14-10-6-5-9(12)7-11(10)17(15,16)13-3/h5-8,13-14H,4,12H2,1-3H3. The fourth-order valence-corrected chi connectivity index (χ4v) is 2.29. The number of nitrogens with two attached hydrogens (primary N) is 1. The topological polar surface area (TPSA) is 84.2 Å². The van der Waals surface area contributed by atoms with E-state index in [1.165, 1.54) is 13.1 Å². The molecular weight excluding hydrogens is 238 g/mol. The van der Waals surface area contributed by atoms with Crippen molar-refractivity contribution >= 4 is 21.4 Å². The van der Waals surface area contributed by atoms with Gasteiger partial charge in [-0.1, -0.05) is 6.92 Å². The Bertz CT molecular complexity index is 485. The van der Waals surface area contributed by atoms with E-state index >= 15 is 0 Å². The molecule has 1 unspecified atom stereocenters. The molecule has 5 nitrogen and oxygen atoms in total. The van der Waals surface area contributed by atoms with Crippen molar-refractivity contribution < 1.29 is 8.42 Å². The Kier molecular flexibility index (Phi) is 4.36. The summed E-state index contributed by atoms with van der Waals surface area (Å²) in [5.74, 6) is 0. The summed E-state index contributed by atoms with van der Waals surface area (Å²) in [4.78, 5) is 0.181. The van der Waals surface area contributed by atoms with Gasteiger partial charge in [-0.25, -0.2) is 13.1 Å². The van der Waals surface area contributed by atoms with Crippen LogP contribution in [0.4, 0.5) is 11.4 Å². The third-order valence-electron chi connectivity index (χ3n) is 2.58. The number of anilines is 2. The second-order valence-electron chi connectivity index (χ2n) is 3.92. The van der Waals surface area contributed by atoms with Gasteiger partial charge in [-0.3, -0.25) is 0 Å². The molecule has 0 amide bonds. The van der Waals surface area contributed by atoms with E-state index in [4.69, 9.17) is 5.73 Å². The first-order valence-corrected chi connectivity index (χ1v) is 6.98. The second kappa shape index (κ2) is 5.37. The molecule has 96 valence electrons. The molecule has 0 aromatic heterocycles. The van der Waals surface area contributed by atoms with Crippen LogP contribution in [0.25, 0.3) is 0 Å². The summed E-state index contributed by atoms with van der Waals surface area (Å²) in [6, 6.07) is 5.02. The minimum Gasteiger partial charge on any atom is -0.399 e. The zero-order chi connectivity index (χ0) is 13.1. The Morgan fingerprint density at radius 1 is 1.41 bits per heavy atom. The maximum atomic E-state index is 11.8. The highest BCUT2D eigenvalue weighted by Crippen LogP contribution is 2.24. The summed E-state index contributed by atoms with van der Waals surface area (Å²) in [7, 11) is -2.12. The van der Waals surface area contributed by atoms with Crippen LogP contribution < -0.4 is 15.8 Å². The summed E-state index contributed by atoms with van der Waals surface area (Å²) in [5.41, 5.74) is 6.62. The molecule has 0 bridgehead atoms. The molecule has 1 rings (SSSR count). The zero-order valence-electron chi connectivity index (χ0n) is 10.3. The van der Waals surface area contributed by atoms with Crippen molar-refractivity contribution in [1.82, 2.24) is 4.72 Å². The van der Waals surface area contributed by atoms with E-state index in [1.54, 1.807) is 12.1 Å². The minimum atomic E-state index is -3.50. The number of nitrogens with one attached hydrogen (secondary N) is 2. The first-order chi connectivity index (χ1) is 7.90. The molecule has 1 aromatic rings. The van der Waals surface area contributed by atoms with E-state index in [0.29, 0.717) is 11.4 Å². The average molecular weight is 257 g/mol. The number of sulfonamides is 1. The van der Waals surface area contributed by atoms with Gasteiger partial charge in [0.2, 0.25) is 10.0 Å². The Balaban J connectivity index is 3.22. The molecular formula is C11H19N3O2S. The van der Waals surface area contributed by atoms with Crippen molar-refractivity contribution in [1.29, 1.82) is 0 Å². The molecule has 0 spiro atoms. The smallest absolute Gasteiger partial charge is 0.242 e. The summed E-state index contributed by atoms with van der Waals surface area (Å²) < 4.78 is 26.0. The lowest BCUT2D eigenvalue weighted by atomic mass is 10.2. The summed E-state index contributed by atoms with van der Waals surface area (Å²) >= 11 is 0. The van der Waals surface area contributed by atoms with Crippen LogP contribution in [0.2, 0.25) is 0 Å². The lowest BCUT2D eigenvalue weighted by Crippen LogP contribution is -2.22. The van der Waals surface area contributed by atoms with E-state index in [1.807, 2.05) is 13.8 Å². The molecule has 0 saturated carbocycles. The van der Waals surface area contributed by atoms with Gasteiger partial charge in [0.05, 0.1) is 5.69 Å². The maximum absolute atomic E-state index is 11.8. The SMILES string of the molecule is CCC(C)Nc1ccc(N)cc1S(=O)(=O)NC. The normalized spacial score (nSPS) is 13.4. The van der Waals surface area contributed by atoms with Crippen molar-refractivity contribution in [2.24, 2.45) is 0 Å². The van der Waals surface area contributed by atoms with Crippen LogP contribution in [0.1, 0.15) is 20.3 Å². The average Bonchev–Trinajstić information content (AvgIpc) is 2.31. The predicted molar refractivity (Wildman–Crippen MR) is 70.5 cm³/mol. The maximum Gasteiger partial charge on any atom is 0.242 e. The van der Waals surface area contributed by atoms with Crippen molar-refractivity contribution in [3.05, 3.63) is 18.2 Å². The first kappa shape index (κ1) is 13.8. The first-order valence-electron chi connectivity index (χ1n) is 5.50. The molecule has 17 heavy (non-hydrogen) atoms. The third-order valence-corrected chi connectivity index (χ3v) is 4.03. The van der Waals surface area contributed by atoms with Crippen molar-refractivity contribution in [3.63, 3.8) is 0 Å². The van der Waals surface area contributed by atoms with Crippen molar-refractivity contribution in [3.8, 4) is 0 Å². The third kappa shape index (κ3) is 3.34. The molecule has 0 aliphatic carbocycles. The molecule has 0 aliphatic rings. The summed E-state index contributed by atoms with van der Waals surface area (Å²) in [5, 5.41) is 3.15. The van der Waals surface area contributed by atoms with Crippen LogP contribution in [-0.4, -0.2) is 21.5 Å². The van der Waals surface area contributed by atoms with Crippen LogP contribution in [0.3, 0.4) is 0 Å². The quantitative estimate of drug-likeness (QED) is 0.696. The highest BCUT2D eigenvalue weighted by atomic mass is 32.2. The number of hydrogen-bond donors (Lipinski definition) is 3. The summed E-state index contributed by atoms with van der Waals surface area (Å²) in [6.45, 7) is 4.02. The second-order valence-corrected chi connectivity index (χ2v) is 5.77.